The molecule has 0 saturated carbocycles. The van der Waals surface area contributed by atoms with Crippen molar-refractivity contribution in [2.24, 2.45) is 0 Å². The van der Waals surface area contributed by atoms with Gasteiger partial charge < -0.3 is 10.1 Å². The van der Waals surface area contributed by atoms with Gasteiger partial charge in [-0.3, -0.25) is 8.98 Å². The first-order chi connectivity index (χ1) is 13.1. The van der Waals surface area contributed by atoms with Gasteiger partial charge in [-0.15, -0.1) is 0 Å². The third kappa shape index (κ3) is 6.43. The second-order valence-corrected chi connectivity index (χ2v) is 8.42. The van der Waals surface area contributed by atoms with Crippen LogP contribution >= 0.6 is 22.6 Å². The van der Waals surface area contributed by atoms with Gasteiger partial charge in [0.15, 0.2) is 17.4 Å². The number of carbonyl (C=O) groups is 1. The molecule has 0 unspecified atom stereocenters. The van der Waals surface area contributed by atoms with Gasteiger partial charge in [0.25, 0.3) is 10.1 Å². The lowest BCUT2D eigenvalue weighted by molar-refractivity contribution is 0.0696. The van der Waals surface area contributed by atoms with Crippen LogP contribution in [0, 0.1) is 21.0 Å². The van der Waals surface area contributed by atoms with E-state index in [1.165, 1.54) is 12.1 Å². The minimum Gasteiger partial charge on any atom is -0.371 e. The standard InChI is InChI=1S/C17H15F3INO5S/c1-28(24,25)27-7-6-26-9-15(23)11-3-4-12(18)16(20)17(11)22-14-5-2-10(21)8-13(14)19/h2-5,8,22H,6-7,9H2,1H3. The highest BCUT2D eigenvalue weighted by Gasteiger charge is 2.20. The topological polar surface area (TPSA) is 81.7 Å². The molecule has 0 aromatic heterocycles. The molecule has 0 atom stereocenters. The van der Waals surface area contributed by atoms with Gasteiger partial charge in [-0.1, -0.05) is 0 Å². The number of carbonyl (C=O) groups excluding carboxylic acids is 1. The third-order valence-electron chi connectivity index (χ3n) is 3.34. The van der Waals surface area contributed by atoms with Gasteiger partial charge in [0.1, 0.15) is 12.4 Å². The van der Waals surface area contributed by atoms with E-state index in [1.807, 2.05) is 22.6 Å². The Kier molecular flexibility index (Phi) is 7.80. The fourth-order valence-electron chi connectivity index (χ4n) is 2.12. The summed E-state index contributed by atoms with van der Waals surface area (Å²) in [6.07, 6.45) is 0.862. The van der Waals surface area contributed by atoms with E-state index in [4.69, 9.17) is 4.74 Å². The molecule has 2 aromatic carbocycles. The Balaban J connectivity index is 2.15. The zero-order valence-electron chi connectivity index (χ0n) is 14.5. The summed E-state index contributed by atoms with van der Waals surface area (Å²) < 4.78 is 73.6. The van der Waals surface area contributed by atoms with Crippen molar-refractivity contribution in [3.63, 3.8) is 0 Å². The summed E-state index contributed by atoms with van der Waals surface area (Å²) in [5, 5.41) is 2.41. The molecule has 0 heterocycles. The van der Waals surface area contributed by atoms with E-state index in [9.17, 15) is 26.4 Å². The van der Waals surface area contributed by atoms with E-state index in [1.54, 1.807) is 6.07 Å². The molecule has 28 heavy (non-hydrogen) atoms. The number of ether oxygens (including phenoxy) is 1. The highest BCUT2D eigenvalue weighted by atomic mass is 127. The first-order valence-electron chi connectivity index (χ1n) is 7.74. The highest BCUT2D eigenvalue weighted by Crippen LogP contribution is 2.28. The Hall–Kier alpha value is -1.70. The van der Waals surface area contributed by atoms with Gasteiger partial charge in [0.05, 0.1) is 30.8 Å². The summed E-state index contributed by atoms with van der Waals surface area (Å²) in [5.74, 6) is -3.98. The van der Waals surface area contributed by atoms with Crippen LogP contribution in [-0.2, 0) is 19.0 Å². The van der Waals surface area contributed by atoms with Crippen LogP contribution < -0.4 is 5.32 Å². The maximum atomic E-state index is 14.3. The summed E-state index contributed by atoms with van der Waals surface area (Å²) >= 11 is 1.89. The number of ketones is 1. The van der Waals surface area contributed by atoms with Crippen molar-refractivity contribution >= 4 is 49.9 Å². The van der Waals surface area contributed by atoms with Crippen molar-refractivity contribution in [3.05, 3.63) is 56.9 Å². The molecule has 0 aliphatic rings. The average molecular weight is 529 g/mol. The highest BCUT2D eigenvalue weighted by molar-refractivity contribution is 14.1. The molecule has 1 N–H and O–H groups in total. The van der Waals surface area contributed by atoms with Crippen LogP contribution in [0.1, 0.15) is 10.4 Å². The quantitative estimate of drug-likeness (QED) is 0.231. The SMILES string of the molecule is CS(=O)(=O)OCCOCC(=O)c1ccc(F)c(F)c1Nc1ccc(I)cc1F. The number of rotatable bonds is 9. The minimum absolute atomic E-state index is 0.138. The van der Waals surface area contributed by atoms with Crippen molar-refractivity contribution in [3.8, 4) is 0 Å². The van der Waals surface area contributed by atoms with Gasteiger partial charge in [-0.05, 0) is 52.9 Å². The van der Waals surface area contributed by atoms with Crippen molar-refractivity contribution in [2.75, 3.05) is 31.4 Å². The maximum Gasteiger partial charge on any atom is 0.264 e. The second-order valence-electron chi connectivity index (χ2n) is 5.53. The number of nitrogens with one attached hydrogen (secondary N) is 1. The third-order valence-corrected chi connectivity index (χ3v) is 4.61. The lowest BCUT2D eigenvalue weighted by Gasteiger charge is -2.14. The fourth-order valence-corrected chi connectivity index (χ4v) is 2.94. The zero-order valence-corrected chi connectivity index (χ0v) is 17.4. The predicted octanol–water partition coefficient (Wildman–Crippen LogP) is 3.63. The van der Waals surface area contributed by atoms with Crippen molar-refractivity contribution in [2.45, 2.75) is 0 Å². The Bertz CT molecular complexity index is 985. The molecule has 152 valence electrons. The molecular formula is C17H15F3INO5S. The summed E-state index contributed by atoms with van der Waals surface area (Å²) in [4.78, 5) is 12.3. The van der Waals surface area contributed by atoms with E-state index in [2.05, 4.69) is 9.50 Å². The summed E-state index contributed by atoms with van der Waals surface area (Å²) in [7, 11) is -3.64. The van der Waals surface area contributed by atoms with E-state index in [-0.39, 0.29) is 24.5 Å². The second kappa shape index (κ2) is 9.67. The Labute approximate surface area is 173 Å². The molecule has 6 nitrogen and oxygen atoms in total. The summed E-state index contributed by atoms with van der Waals surface area (Å²) in [5.41, 5.74) is -0.914. The van der Waals surface area contributed by atoms with E-state index >= 15 is 0 Å². The maximum absolute atomic E-state index is 14.3. The van der Waals surface area contributed by atoms with Crippen LogP contribution in [0.4, 0.5) is 24.5 Å². The number of anilines is 2. The molecule has 0 aliphatic heterocycles. The molecule has 0 radical (unpaired) electrons. The molecule has 2 rings (SSSR count). The number of hydrogen-bond acceptors (Lipinski definition) is 6. The smallest absolute Gasteiger partial charge is 0.264 e. The van der Waals surface area contributed by atoms with E-state index in [0.29, 0.717) is 3.57 Å². The molecule has 0 bridgehead atoms. The van der Waals surface area contributed by atoms with Crippen molar-refractivity contribution in [1.82, 2.24) is 0 Å². The molecule has 0 saturated heterocycles. The Morgan fingerprint density at radius 1 is 1.11 bits per heavy atom. The molecule has 0 spiro atoms. The zero-order chi connectivity index (χ0) is 20.9. The molecule has 0 fully saturated rings. The van der Waals surface area contributed by atoms with Crippen LogP contribution in [0.3, 0.4) is 0 Å². The van der Waals surface area contributed by atoms with Crippen LogP contribution in [0.15, 0.2) is 30.3 Å². The van der Waals surface area contributed by atoms with Gasteiger partial charge in [-0.2, -0.15) is 8.42 Å². The normalized spacial score (nSPS) is 11.5. The molecule has 2 aromatic rings. The lowest BCUT2D eigenvalue weighted by atomic mass is 10.1. The Morgan fingerprint density at radius 3 is 2.46 bits per heavy atom. The molecule has 0 aliphatic carbocycles. The van der Waals surface area contributed by atoms with Crippen molar-refractivity contribution < 1.29 is 35.3 Å². The van der Waals surface area contributed by atoms with Gasteiger partial charge in [-0.25, -0.2) is 13.2 Å². The van der Waals surface area contributed by atoms with Crippen LogP contribution in [-0.4, -0.2) is 40.3 Å². The van der Waals surface area contributed by atoms with Crippen LogP contribution in [0.2, 0.25) is 0 Å². The molecular weight excluding hydrogens is 514 g/mol. The van der Waals surface area contributed by atoms with Crippen LogP contribution in [0.25, 0.3) is 0 Å². The first-order valence-corrected chi connectivity index (χ1v) is 10.6. The summed E-state index contributed by atoms with van der Waals surface area (Å²) in [6, 6.07) is 5.88. The number of Topliss-reactive ketones (excluding diaryl/α,β-unsaturated/α-hetero) is 1. The minimum atomic E-state index is -3.64. The van der Waals surface area contributed by atoms with E-state index < -0.39 is 45.6 Å². The van der Waals surface area contributed by atoms with Crippen molar-refractivity contribution in [1.29, 1.82) is 0 Å². The fraction of sp³-hybridized carbons (Fsp3) is 0.235. The van der Waals surface area contributed by atoms with Gasteiger partial charge >= 0.3 is 0 Å². The monoisotopic (exact) mass is 529 g/mol. The number of hydrogen-bond donors (Lipinski definition) is 1. The Morgan fingerprint density at radius 2 is 1.82 bits per heavy atom. The number of halogens is 4. The molecule has 0 amide bonds. The summed E-state index contributed by atoms with van der Waals surface area (Å²) in [6.45, 7) is -1.05. The largest absolute Gasteiger partial charge is 0.371 e. The van der Waals surface area contributed by atoms with Gasteiger partial charge in [0.2, 0.25) is 0 Å². The average Bonchev–Trinajstić information content (AvgIpc) is 2.59. The molecule has 11 heteroatoms. The number of benzene rings is 2. The van der Waals surface area contributed by atoms with Crippen LogP contribution in [0.5, 0.6) is 0 Å². The predicted molar refractivity (Wildman–Crippen MR) is 105 cm³/mol. The first kappa shape index (κ1) is 22.6. The van der Waals surface area contributed by atoms with Gasteiger partial charge in [0, 0.05) is 9.13 Å². The lowest BCUT2D eigenvalue weighted by Crippen LogP contribution is -2.16. The van der Waals surface area contributed by atoms with E-state index in [0.717, 1.165) is 18.4 Å².